The summed E-state index contributed by atoms with van der Waals surface area (Å²) in [4.78, 5) is 15.9. The Morgan fingerprint density at radius 2 is 2.12 bits per heavy atom. The average molecular weight is 373 g/mol. The van der Waals surface area contributed by atoms with Crippen LogP contribution in [-0.2, 0) is 23.0 Å². The number of rotatable bonds is 5. The maximum absolute atomic E-state index is 12.7. The lowest BCUT2D eigenvalue weighted by Gasteiger charge is -2.29. The third-order valence-corrected chi connectivity index (χ3v) is 7.07. The number of aromatic amines is 1. The van der Waals surface area contributed by atoms with E-state index in [4.69, 9.17) is 0 Å². The number of H-pyrrole nitrogens is 1. The molecule has 0 atom stereocenters. The molecule has 0 saturated heterocycles. The second-order valence-electron chi connectivity index (χ2n) is 6.96. The molecule has 1 fully saturated rings. The fraction of sp³-hybridized carbons (Fsp3) is 0.421. The van der Waals surface area contributed by atoms with Gasteiger partial charge in [-0.25, -0.2) is 8.42 Å². The second-order valence-corrected chi connectivity index (χ2v) is 9.22. The molecule has 7 heteroatoms. The Labute approximate surface area is 153 Å². The van der Waals surface area contributed by atoms with Gasteiger partial charge in [-0.1, -0.05) is 12.1 Å². The standard InChI is InChI=1S/C19H23N3O3S/c1-2-26(24,25)22-11-9-15-14(12-22)4-3-5-17(15)21-19(23)16-8-10-20-18(16)13-6-7-13/h3-5,8,10,13,20H,2,6-7,9,11-12H2,1H3,(H,21,23). The van der Waals surface area contributed by atoms with Crippen LogP contribution in [0.3, 0.4) is 0 Å². The number of carbonyl (C=O) groups is 1. The molecule has 0 unspecified atom stereocenters. The molecule has 1 aliphatic heterocycles. The summed E-state index contributed by atoms with van der Waals surface area (Å²) in [7, 11) is -3.20. The van der Waals surface area contributed by atoms with E-state index in [1.54, 1.807) is 6.92 Å². The van der Waals surface area contributed by atoms with Crippen LogP contribution in [0.5, 0.6) is 0 Å². The summed E-state index contributed by atoms with van der Waals surface area (Å²) in [6.07, 6.45) is 4.68. The summed E-state index contributed by atoms with van der Waals surface area (Å²) in [6, 6.07) is 7.53. The number of nitrogens with zero attached hydrogens (tertiary/aromatic N) is 1. The van der Waals surface area contributed by atoms with E-state index in [1.807, 2.05) is 30.5 Å². The van der Waals surface area contributed by atoms with E-state index >= 15 is 0 Å². The summed E-state index contributed by atoms with van der Waals surface area (Å²) in [5.74, 6) is 0.476. The van der Waals surface area contributed by atoms with E-state index in [0.29, 0.717) is 31.0 Å². The van der Waals surface area contributed by atoms with Crippen molar-refractivity contribution in [1.82, 2.24) is 9.29 Å². The van der Waals surface area contributed by atoms with E-state index in [0.717, 1.165) is 35.3 Å². The van der Waals surface area contributed by atoms with Gasteiger partial charge in [0.1, 0.15) is 0 Å². The lowest BCUT2D eigenvalue weighted by molar-refractivity contribution is 0.102. The number of aromatic nitrogens is 1. The largest absolute Gasteiger partial charge is 0.364 e. The molecule has 2 aliphatic rings. The van der Waals surface area contributed by atoms with Crippen LogP contribution in [0.2, 0.25) is 0 Å². The minimum Gasteiger partial charge on any atom is -0.364 e. The van der Waals surface area contributed by atoms with Crippen molar-refractivity contribution in [3.05, 3.63) is 52.8 Å². The molecule has 1 saturated carbocycles. The van der Waals surface area contributed by atoms with Gasteiger partial charge in [0.15, 0.2) is 0 Å². The molecular weight excluding hydrogens is 350 g/mol. The first kappa shape index (κ1) is 17.3. The molecule has 1 aliphatic carbocycles. The highest BCUT2D eigenvalue weighted by Crippen LogP contribution is 2.41. The number of hydrogen-bond acceptors (Lipinski definition) is 3. The molecule has 2 aromatic rings. The van der Waals surface area contributed by atoms with Gasteiger partial charge in [-0.3, -0.25) is 4.79 Å². The molecule has 26 heavy (non-hydrogen) atoms. The number of carbonyl (C=O) groups excluding carboxylic acids is 1. The first-order valence-corrected chi connectivity index (χ1v) is 10.7. The van der Waals surface area contributed by atoms with E-state index in [2.05, 4.69) is 10.3 Å². The highest BCUT2D eigenvalue weighted by Gasteiger charge is 2.30. The van der Waals surface area contributed by atoms with E-state index in [1.165, 1.54) is 4.31 Å². The third kappa shape index (κ3) is 3.17. The van der Waals surface area contributed by atoms with E-state index in [9.17, 15) is 13.2 Å². The van der Waals surface area contributed by atoms with Crippen molar-refractivity contribution < 1.29 is 13.2 Å². The Bertz CT molecular complexity index is 945. The van der Waals surface area contributed by atoms with Crippen molar-refractivity contribution in [2.24, 2.45) is 0 Å². The van der Waals surface area contributed by atoms with Gasteiger partial charge in [-0.15, -0.1) is 0 Å². The van der Waals surface area contributed by atoms with Gasteiger partial charge in [0, 0.05) is 30.7 Å². The first-order chi connectivity index (χ1) is 12.5. The van der Waals surface area contributed by atoms with Crippen LogP contribution < -0.4 is 5.32 Å². The molecule has 1 aromatic heterocycles. The van der Waals surface area contributed by atoms with Gasteiger partial charge in [0.25, 0.3) is 5.91 Å². The summed E-state index contributed by atoms with van der Waals surface area (Å²) in [5.41, 5.74) is 4.50. The first-order valence-electron chi connectivity index (χ1n) is 9.07. The monoisotopic (exact) mass is 373 g/mol. The van der Waals surface area contributed by atoms with Gasteiger partial charge in [-0.05, 0) is 55.4 Å². The van der Waals surface area contributed by atoms with Crippen molar-refractivity contribution in [2.45, 2.75) is 38.6 Å². The fourth-order valence-corrected chi connectivity index (χ4v) is 4.67. The van der Waals surface area contributed by atoms with Crippen molar-refractivity contribution in [3.63, 3.8) is 0 Å². The number of anilines is 1. The second kappa shape index (κ2) is 6.55. The van der Waals surface area contributed by atoms with Gasteiger partial charge in [0.05, 0.1) is 11.3 Å². The summed E-state index contributed by atoms with van der Waals surface area (Å²) >= 11 is 0. The quantitative estimate of drug-likeness (QED) is 0.845. The Morgan fingerprint density at radius 1 is 1.31 bits per heavy atom. The summed E-state index contributed by atoms with van der Waals surface area (Å²) < 4.78 is 25.8. The van der Waals surface area contributed by atoms with Crippen molar-refractivity contribution in [2.75, 3.05) is 17.6 Å². The summed E-state index contributed by atoms with van der Waals surface area (Å²) in [5, 5.41) is 3.04. The van der Waals surface area contributed by atoms with Crippen molar-refractivity contribution in [1.29, 1.82) is 0 Å². The maximum Gasteiger partial charge on any atom is 0.257 e. The lowest BCUT2D eigenvalue weighted by Crippen LogP contribution is -2.37. The number of amides is 1. The zero-order valence-corrected chi connectivity index (χ0v) is 15.6. The normalized spacial score (nSPS) is 17.7. The topological polar surface area (TPSA) is 82.3 Å². The number of hydrogen-bond donors (Lipinski definition) is 2. The molecule has 2 N–H and O–H groups in total. The number of nitrogens with one attached hydrogen (secondary N) is 2. The molecule has 0 spiro atoms. The predicted molar refractivity (Wildman–Crippen MR) is 101 cm³/mol. The van der Waals surface area contributed by atoms with Crippen molar-refractivity contribution in [3.8, 4) is 0 Å². The lowest BCUT2D eigenvalue weighted by atomic mass is 9.99. The molecule has 0 bridgehead atoms. The van der Waals surface area contributed by atoms with Crippen LogP contribution in [0.15, 0.2) is 30.5 Å². The minimum absolute atomic E-state index is 0.106. The molecule has 138 valence electrons. The molecular formula is C19H23N3O3S. The zero-order chi connectivity index (χ0) is 18.3. The van der Waals surface area contributed by atoms with E-state index < -0.39 is 10.0 Å². The highest BCUT2D eigenvalue weighted by atomic mass is 32.2. The molecule has 0 radical (unpaired) electrons. The molecule has 1 amide bonds. The maximum atomic E-state index is 12.7. The number of sulfonamides is 1. The minimum atomic E-state index is -3.20. The molecule has 2 heterocycles. The Hall–Kier alpha value is -2.12. The highest BCUT2D eigenvalue weighted by molar-refractivity contribution is 7.89. The van der Waals surface area contributed by atoms with Crippen LogP contribution >= 0.6 is 0 Å². The van der Waals surface area contributed by atoms with Crippen LogP contribution in [0.1, 0.15) is 52.9 Å². The Morgan fingerprint density at radius 3 is 2.85 bits per heavy atom. The SMILES string of the molecule is CCS(=O)(=O)N1CCc2c(cccc2NC(=O)c2cc[nH]c2C2CC2)C1. The summed E-state index contributed by atoms with van der Waals surface area (Å²) in [6.45, 7) is 2.48. The predicted octanol–water partition coefficient (Wildman–Crippen LogP) is 2.85. The van der Waals surface area contributed by atoms with Gasteiger partial charge in [0.2, 0.25) is 10.0 Å². The third-order valence-electron chi connectivity index (χ3n) is 5.25. The van der Waals surface area contributed by atoms with Crippen LogP contribution in [0.4, 0.5) is 5.69 Å². The zero-order valence-electron chi connectivity index (χ0n) is 14.8. The van der Waals surface area contributed by atoms with Gasteiger partial charge in [-0.2, -0.15) is 4.31 Å². The van der Waals surface area contributed by atoms with Crippen LogP contribution in [0, 0.1) is 0 Å². The fourth-order valence-electron chi connectivity index (χ4n) is 3.60. The molecule has 1 aromatic carbocycles. The Kier molecular flexibility index (Phi) is 4.36. The average Bonchev–Trinajstić information content (AvgIpc) is 3.37. The number of benzene rings is 1. The Balaban J connectivity index is 1.57. The van der Waals surface area contributed by atoms with Gasteiger partial charge < -0.3 is 10.3 Å². The molecule has 6 nitrogen and oxygen atoms in total. The van der Waals surface area contributed by atoms with Gasteiger partial charge >= 0.3 is 0 Å². The van der Waals surface area contributed by atoms with Crippen molar-refractivity contribution >= 4 is 21.6 Å². The smallest absolute Gasteiger partial charge is 0.257 e. The van der Waals surface area contributed by atoms with Crippen LogP contribution in [0.25, 0.3) is 0 Å². The van der Waals surface area contributed by atoms with Crippen LogP contribution in [-0.4, -0.2) is 35.9 Å². The molecule has 4 rings (SSSR count). The number of fused-ring (bicyclic) bond motifs is 1. The van der Waals surface area contributed by atoms with E-state index in [-0.39, 0.29) is 11.7 Å².